The van der Waals surface area contributed by atoms with E-state index in [-0.39, 0.29) is 11.6 Å². The Morgan fingerprint density at radius 1 is 1.75 bits per heavy atom. The fraction of sp³-hybridized carbons (Fsp3) is 0. The Bertz CT molecular complexity index is 193. The van der Waals surface area contributed by atoms with Crippen LogP contribution in [-0.2, 0) is 0 Å². The van der Waals surface area contributed by atoms with Crippen LogP contribution in [0, 0.1) is 4.91 Å². The minimum absolute atomic E-state index is 0.222. The minimum Gasteiger partial charge on any atom is -0.503 e. The van der Waals surface area contributed by atoms with E-state index in [0.717, 1.165) is 0 Å². The largest absolute Gasteiger partial charge is 0.503 e. The van der Waals surface area contributed by atoms with E-state index >= 15 is 0 Å². The van der Waals surface area contributed by atoms with Gasteiger partial charge in [0.05, 0.1) is 6.26 Å². The smallest absolute Gasteiger partial charge is 0.303 e. The molecule has 0 amide bonds. The molecule has 1 heterocycles. The van der Waals surface area contributed by atoms with Crippen LogP contribution in [0.2, 0.25) is 0 Å². The van der Waals surface area contributed by atoms with E-state index in [1.165, 1.54) is 12.3 Å². The van der Waals surface area contributed by atoms with Gasteiger partial charge in [-0.15, -0.1) is 4.91 Å². The molecule has 0 radical (unpaired) electrons. The van der Waals surface area contributed by atoms with Gasteiger partial charge in [-0.2, -0.15) is 0 Å². The Balaban J connectivity index is 3.09. The molecule has 4 heteroatoms. The van der Waals surface area contributed by atoms with Crippen molar-refractivity contribution >= 4 is 5.88 Å². The van der Waals surface area contributed by atoms with Gasteiger partial charge in [-0.1, -0.05) is 0 Å². The first-order valence-electron chi connectivity index (χ1n) is 1.94. The highest BCUT2D eigenvalue weighted by molar-refractivity contribution is 5.39. The number of rotatable bonds is 1. The van der Waals surface area contributed by atoms with E-state index in [0.29, 0.717) is 0 Å². The molecule has 0 aliphatic heterocycles. The Labute approximate surface area is 44.7 Å². The number of nitrogens with zero attached hydrogens (tertiary/aromatic N) is 1. The molecule has 0 saturated carbocycles. The summed E-state index contributed by atoms with van der Waals surface area (Å²) in [6.45, 7) is 0. The third-order valence-corrected chi connectivity index (χ3v) is 0.708. The van der Waals surface area contributed by atoms with Crippen LogP contribution in [0.1, 0.15) is 0 Å². The van der Waals surface area contributed by atoms with Gasteiger partial charge < -0.3 is 9.52 Å². The fourth-order valence-electron chi connectivity index (χ4n) is 0.363. The molecule has 0 unspecified atom stereocenters. The number of furan rings is 1. The van der Waals surface area contributed by atoms with Gasteiger partial charge in [0.15, 0.2) is 5.75 Å². The predicted molar refractivity (Wildman–Crippen MR) is 25.8 cm³/mol. The van der Waals surface area contributed by atoms with Crippen molar-refractivity contribution < 1.29 is 9.52 Å². The lowest BCUT2D eigenvalue weighted by atomic mass is 10.6. The molecule has 0 saturated heterocycles. The van der Waals surface area contributed by atoms with Crippen molar-refractivity contribution in [3.8, 4) is 5.75 Å². The van der Waals surface area contributed by atoms with Crippen LogP contribution in [0.15, 0.2) is 21.9 Å². The van der Waals surface area contributed by atoms with Crippen LogP contribution in [-0.4, -0.2) is 5.11 Å². The summed E-state index contributed by atoms with van der Waals surface area (Å²) in [7, 11) is 0. The molecule has 0 aliphatic carbocycles. The average Bonchev–Trinajstić information content (AvgIpc) is 2.14. The zero-order valence-corrected chi connectivity index (χ0v) is 3.87. The molecule has 1 aromatic heterocycles. The van der Waals surface area contributed by atoms with Crippen LogP contribution in [0.4, 0.5) is 5.88 Å². The van der Waals surface area contributed by atoms with E-state index in [1.807, 2.05) is 0 Å². The van der Waals surface area contributed by atoms with Crippen molar-refractivity contribution in [1.82, 2.24) is 0 Å². The molecule has 1 rings (SSSR count). The molecule has 0 aromatic carbocycles. The summed E-state index contributed by atoms with van der Waals surface area (Å²) >= 11 is 0. The lowest BCUT2D eigenvalue weighted by molar-refractivity contribution is 0.463. The molecule has 0 spiro atoms. The highest BCUT2D eigenvalue weighted by atomic mass is 16.4. The Morgan fingerprint density at radius 2 is 2.50 bits per heavy atom. The lowest BCUT2D eigenvalue weighted by Gasteiger charge is -1.76. The van der Waals surface area contributed by atoms with Gasteiger partial charge in [0.25, 0.3) is 0 Å². The number of hydrogen-bond donors (Lipinski definition) is 1. The van der Waals surface area contributed by atoms with Gasteiger partial charge in [0.1, 0.15) is 0 Å². The molecule has 0 atom stereocenters. The summed E-state index contributed by atoms with van der Waals surface area (Å²) in [6, 6.07) is 1.25. The van der Waals surface area contributed by atoms with Crippen molar-refractivity contribution in [3.63, 3.8) is 0 Å². The monoisotopic (exact) mass is 113 g/mol. The molecule has 0 aliphatic rings. The van der Waals surface area contributed by atoms with E-state index in [2.05, 4.69) is 9.59 Å². The summed E-state index contributed by atoms with van der Waals surface area (Å²) < 4.78 is 4.38. The SMILES string of the molecule is O=Nc1occc1O. The first-order valence-corrected chi connectivity index (χ1v) is 1.94. The highest BCUT2D eigenvalue weighted by Crippen LogP contribution is 2.25. The quantitative estimate of drug-likeness (QED) is 0.559. The zero-order valence-electron chi connectivity index (χ0n) is 3.87. The summed E-state index contributed by atoms with van der Waals surface area (Å²) in [5.74, 6) is -0.495. The van der Waals surface area contributed by atoms with E-state index in [4.69, 9.17) is 5.11 Å². The summed E-state index contributed by atoms with van der Waals surface area (Å²) in [5, 5.41) is 10.9. The van der Waals surface area contributed by atoms with Gasteiger partial charge >= 0.3 is 5.88 Å². The van der Waals surface area contributed by atoms with Crippen molar-refractivity contribution in [2.45, 2.75) is 0 Å². The van der Waals surface area contributed by atoms with E-state index in [1.54, 1.807) is 0 Å². The highest BCUT2D eigenvalue weighted by Gasteiger charge is 2.00. The first kappa shape index (κ1) is 4.83. The maximum absolute atomic E-state index is 9.58. The van der Waals surface area contributed by atoms with Crippen LogP contribution >= 0.6 is 0 Å². The molecule has 1 N–H and O–H groups in total. The van der Waals surface area contributed by atoms with Crippen LogP contribution < -0.4 is 0 Å². The second-order valence-corrected chi connectivity index (χ2v) is 1.20. The van der Waals surface area contributed by atoms with Gasteiger partial charge in [0, 0.05) is 11.2 Å². The third kappa shape index (κ3) is 0.556. The second-order valence-electron chi connectivity index (χ2n) is 1.20. The molecular weight excluding hydrogens is 110 g/mol. The third-order valence-electron chi connectivity index (χ3n) is 0.708. The van der Waals surface area contributed by atoms with Crippen molar-refractivity contribution in [2.24, 2.45) is 5.18 Å². The summed E-state index contributed by atoms with van der Waals surface area (Å²) in [4.78, 5) is 9.58. The van der Waals surface area contributed by atoms with Crippen molar-refractivity contribution in [2.75, 3.05) is 0 Å². The Hall–Kier alpha value is -1.32. The first-order chi connectivity index (χ1) is 3.84. The maximum atomic E-state index is 9.58. The topological polar surface area (TPSA) is 62.8 Å². The van der Waals surface area contributed by atoms with Crippen LogP contribution in [0.25, 0.3) is 0 Å². The van der Waals surface area contributed by atoms with Gasteiger partial charge in [-0.05, 0) is 0 Å². The maximum Gasteiger partial charge on any atom is 0.303 e. The van der Waals surface area contributed by atoms with Gasteiger partial charge in [-0.25, -0.2) is 0 Å². The molecule has 0 fully saturated rings. The number of aromatic hydroxyl groups is 1. The van der Waals surface area contributed by atoms with Crippen molar-refractivity contribution in [1.29, 1.82) is 0 Å². The Kier molecular flexibility index (Phi) is 0.997. The summed E-state index contributed by atoms with van der Waals surface area (Å²) in [5.41, 5.74) is 0. The molecule has 1 aromatic rings. The van der Waals surface area contributed by atoms with Gasteiger partial charge in [-0.3, -0.25) is 0 Å². The molecule has 4 nitrogen and oxygen atoms in total. The van der Waals surface area contributed by atoms with Crippen LogP contribution in [0.3, 0.4) is 0 Å². The predicted octanol–water partition coefficient (Wildman–Crippen LogP) is 1.38. The fourth-order valence-corrected chi connectivity index (χ4v) is 0.363. The molecule has 42 valence electrons. The molecular formula is C4H3NO3. The molecule has 0 bridgehead atoms. The zero-order chi connectivity index (χ0) is 5.98. The minimum atomic E-state index is -0.273. The molecule has 8 heavy (non-hydrogen) atoms. The Morgan fingerprint density at radius 3 is 2.75 bits per heavy atom. The van der Waals surface area contributed by atoms with Crippen LogP contribution in [0.5, 0.6) is 5.75 Å². The second kappa shape index (κ2) is 1.65. The summed E-state index contributed by atoms with van der Waals surface area (Å²) in [6.07, 6.45) is 1.19. The van der Waals surface area contributed by atoms with Crippen molar-refractivity contribution in [3.05, 3.63) is 17.2 Å². The lowest BCUT2D eigenvalue weighted by Crippen LogP contribution is -1.50. The standard InChI is InChI=1S/C4H3NO3/c6-3-1-2-8-4(3)5-7/h1-2,6H. The normalized spacial score (nSPS) is 9.00. The number of nitroso groups, excluding NO2 is 1. The van der Waals surface area contributed by atoms with Gasteiger partial charge in [0.2, 0.25) is 0 Å². The van der Waals surface area contributed by atoms with E-state index < -0.39 is 0 Å². The number of hydrogen-bond acceptors (Lipinski definition) is 4. The average molecular weight is 113 g/mol. The van der Waals surface area contributed by atoms with E-state index in [9.17, 15) is 4.91 Å².